The average Bonchev–Trinajstić information content (AvgIpc) is 2.38. The number of anilines is 2. The van der Waals surface area contributed by atoms with E-state index in [0.717, 1.165) is 21.3 Å². The summed E-state index contributed by atoms with van der Waals surface area (Å²) in [5, 5.41) is 9.01. The second-order valence-electron chi connectivity index (χ2n) is 3.97. The van der Waals surface area contributed by atoms with Crippen LogP contribution < -0.4 is 4.90 Å². The third kappa shape index (κ3) is 1.64. The summed E-state index contributed by atoms with van der Waals surface area (Å²) < 4.78 is 0. The van der Waals surface area contributed by atoms with Crippen molar-refractivity contribution in [3.8, 4) is 0 Å². The molecule has 1 N–H and O–H groups in total. The summed E-state index contributed by atoms with van der Waals surface area (Å²) in [6.07, 6.45) is 1.76. The van der Waals surface area contributed by atoms with E-state index >= 15 is 0 Å². The maximum absolute atomic E-state index is 11.0. The van der Waals surface area contributed by atoms with E-state index in [0.29, 0.717) is 5.56 Å². The number of aromatic nitrogens is 1. The Bertz CT molecular complexity index is 643. The molecule has 2 aromatic rings. The van der Waals surface area contributed by atoms with Crippen LogP contribution in [-0.4, -0.2) is 23.1 Å². The number of carbonyl (C=O) groups is 1. The zero-order valence-electron chi connectivity index (χ0n) is 9.62. The van der Waals surface area contributed by atoms with Gasteiger partial charge in [-0.2, -0.15) is 0 Å². The minimum Gasteiger partial charge on any atom is -0.478 e. The second kappa shape index (κ2) is 4.03. The SMILES string of the molecule is CN1c2ccc(C(=O)O)cc2Sc2cccnc21. The zero-order chi connectivity index (χ0) is 12.7. The van der Waals surface area contributed by atoms with Crippen LogP contribution in [0.15, 0.2) is 46.3 Å². The smallest absolute Gasteiger partial charge is 0.335 e. The van der Waals surface area contributed by atoms with Crippen LogP contribution >= 0.6 is 11.8 Å². The molecule has 5 heteroatoms. The molecule has 0 radical (unpaired) electrons. The second-order valence-corrected chi connectivity index (χ2v) is 5.06. The van der Waals surface area contributed by atoms with E-state index in [1.807, 2.05) is 30.1 Å². The third-order valence-electron chi connectivity index (χ3n) is 2.86. The fraction of sp³-hybridized carbons (Fsp3) is 0.0769. The van der Waals surface area contributed by atoms with Gasteiger partial charge in [0.15, 0.2) is 0 Å². The molecule has 1 aromatic carbocycles. The van der Waals surface area contributed by atoms with Crippen LogP contribution in [0, 0.1) is 0 Å². The molecule has 0 saturated heterocycles. The lowest BCUT2D eigenvalue weighted by atomic mass is 10.2. The molecule has 2 heterocycles. The highest BCUT2D eigenvalue weighted by Crippen LogP contribution is 2.46. The molecule has 0 atom stereocenters. The number of hydrogen-bond donors (Lipinski definition) is 1. The number of nitrogens with zero attached hydrogens (tertiary/aromatic N) is 2. The molecule has 3 rings (SSSR count). The lowest BCUT2D eigenvalue weighted by Crippen LogP contribution is -2.16. The van der Waals surface area contributed by atoms with Gasteiger partial charge < -0.3 is 10.0 Å². The van der Waals surface area contributed by atoms with Crippen LogP contribution in [0.2, 0.25) is 0 Å². The molecular weight excluding hydrogens is 248 g/mol. The van der Waals surface area contributed by atoms with E-state index in [1.54, 1.807) is 30.1 Å². The van der Waals surface area contributed by atoms with Crippen LogP contribution in [0.25, 0.3) is 0 Å². The van der Waals surface area contributed by atoms with Crippen LogP contribution in [0.1, 0.15) is 10.4 Å². The molecular formula is C13H10N2O2S. The Hall–Kier alpha value is -2.01. The predicted octanol–water partition coefficient (Wildman–Crippen LogP) is 3.01. The first-order valence-electron chi connectivity index (χ1n) is 5.41. The fourth-order valence-electron chi connectivity index (χ4n) is 1.95. The van der Waals surface area contributed by atoms with Crippen molar-refractivity contribution in [1.82, 2.24) is 4.98 Å². The van der Waals surface area contributed by atoms with Gasteiger partial charge in [-0.15, -0.1) is 0 Å². The Labute approximate surface area is 108 Å². The molecule has 0 spiro atoms. The highest BCUT2D eigenvalue weighted by molar-refractivity contribution is 7.99. The third-order valence-corrected chi connectivity index (χ3v) is 3.94. The highest BCUT2D eigenvalue weighted by atomic mass is 32.2. The summed E-state index contributed by atoms with van der Waals surface area (Å²) in [6.45, 7) is 0. The number of fused-ring (bicyclic) bond motifs is 2. The standard InChI is InChI=1S/C13H10N2O2S/c1-15-9-5-4-8(13(16)17)7-11(9)18-10-3-2-6-14-12(10)15/h2-7H,1H3,(H,16,17). The first-order valence-corrected chi connectivity index (χ1v) is 6.22. The molecule has 18 heavy (non-hydrogen) atoms. The van der Waals surface area contributed by atoms with Gasteiger partial charge in [0, 0.05) is 18.1 Å². The van der Waals surface area contributed by atoms with Crippen molar-refractivity contribution in [1.29, 1.82) is 0 Å². The van der Waals surface area contributed by atoms with E-state index in [4.69, 9.17) is 5.11 Å². The highest BCUT2D eigenvalue weighted by Gasteiger charge is 2.22. The molecule has 0 bridgehead atoms. The van der Waals surface area contributed by atoms with E-state index in [-0.39, 0.29) is 0 Å². The van der Waals surface area contributed by atoms with Crippen molar-refractivity contribution >= 4 is 29.2 Å². The molecule has 1 aromatic heterocycles. The van der Waals surface area contributed by atoms with Gasteiger partial charge in [-0.25, -0.2) is 9.78 Å². The van der Waals surface area contributed by atoms with Crippen molar-refractivity contribution in [3.63, 3.8) is 0 Å². The first-order chi connectivity index (χ1) is 8.66. The molecule has 1 aliphatic rings. The Morgan fingerprint density at radius 2 is 2.17 bits per heavy atom. The average molecular weight is 258 g/mol. The van der Waals surface area contributed by atoms with Crippen molar-refractivity contribution < 1.29 is 9.90 Å². The maximum atomic E-state index is 11.0. The van der Waals surface area contributed by atoms with Gasteiger partial charge in [0.25, 0.3) is 0 Å². The minimum absolute atomic E-state index is 0.307. The van der Waals surface area contributed by atoms with Crippen molar-refractivity contribution in [2.24, 2.45) is 0 Å². The summed E-state index contributed by atoms with van der Waals surface area (Å²) in [4.78, 5) is 19.3. The zero-order valence-corrected chi connectivity index (χ0v) is 10.4. The largest absolute Gasteiger partial charge is 0.478 e. The molecule has 90 valence electrons. The van der Waals surface area contributed by atoms with Gasteiger partial charge in [0.05, 0.1) is 16.1 Å². The summed E-state index contributed by atoms with van der Waals surface area (Å²) in [7, 11) is 1.94. The molecule has 0 aliphatic carbocycles. The monoisotopic (exact) mass is 258 g/mol. The van der Waals surface area contributed by atoms with Gasteiger partial charge >= 0.3 is 5.97 Å². The van der Waals surface area contributed by atoms with Crippen molar-refractivity contribution in [2.45, 2.75) is 9.79 Å². The Morgan fingerprint density at radius 3 is 2.94 bits per heavy atom. The van der Waals surface area contributed by atoms with Gasteiger partial charge in [-0.3, -0.25) is 0 Å². The normalized spacial score (nSPS) is 12.8. The fourth-order valence-corrected chi connectivity index (χ4v) is 3.11. The van der Waals surface area contributed by atoms with Crippen LogP contribution in [-0.2, 0) is 0 Å². The molecule has 4 nitrogen and oxygen atoms in total. The summed E-state index contributed by atoms with van der Waals surface area (Å²) >= 11 is 1.55. The van der Waals surface area contributed by atoms with Crippen LogP contribution in [0.5, 0.6) is 0 Å². The lowest BCUT2D eigenvalue weighted by Gasteiger charge is -2.28. The molecule has 0 amide bonds. The van der Waals surface area contributed by atoms with Gasteiger partial charge in [-0.1, -0.05) is 11.8 Å². The number of aromatic carboxylic acids is 1. The number of rotatable bonds is 1. The van der Waals surface area contributed by atoms with Crippen molar-refractivity contribution in [2.75, 3.05) is 11.9 Å². The topological polar surface area (TPSA) is 53.4 Å². The molecule has 0 unspecified atom stereocenters. The number of benzene rings is 1. The Balaban J connectivity index is 2.13. The summed E-state index contributed by atoms with van der Waals surface area (Å²) in [5.74, 6) is -0.00360. The summed E-state index contributed by atoms with van der Waals surface area (Å²) in [5.41, 5.74) is 1.29. The molecule has 0 saturated carbocycles. The van der Waals surface area contributed by atoms with Crippen LogP contribution in [0.3, 0.4) is 0 Å². The number of carboxylic acid groups (broad SMARTS) is 1. The van der Waals surface area contributed by atoms with E-state index in [9.17, 15) is 4.79 Å². The number of carboxylic acids is 1. The van der Waals surface area contributed by atoms with Crippen molar-refractivity contribution in [3.05, 3.63) is 42.1 Å². The number of hydrogen-bond acceptors (Lipinski definition) is 4. The van der Waals surface area contributed by atoms with E-state index in [2.05, 4.69) is 4.98 Å². The van der Waals surface area contributed by atoms with Gasteiger partial charge in [0.2, 0.25) is 0 Å². The van der Waals surface area contributed by atoms with Gasteiger partial charge in [-0.05, 0) is 30.3 Å². The molecule has 0 fully saturated rings. The summed E-state index contributed by atoms with van der Waals surface area (Å²) in [6, 6.07) is 9.01. The van der Waals surface area contributed by atoms with E-state index in [1.165, 1.54) is 0 Å². The van der Waals surface area contributed by atoms with Crippen LogP contribution in [0.4, 0.5) is 11.5 Å². The van der Waals surface area contributed by atoms with E-state index < -0.39 is 5.97 Å². The minimum atomic E-state index is -0.905. The lowest BCUT2D eigenvalue weighted by molar-refractivity contribution is 0.0696. The maximum Gasteiger partial charge on any atom is 0.335 e. The number of pyridine rings is 1. The van der Waals surface area contributed by atoms with Gasteiger partial charge in [0.1, 0.15) is 5.82 Å². The quantitative estimate of drug-likeness (QED) is 0.852. The Morgan fingerprint density at radius 1 is 1.33 bits per heavy atom. The predicted molar refractivity (Wildman–Crippen MR) is 69.8 cm³/mol. The Kier molecular flexibility index (Phi) is 2.48. The molecule has 1 aliphatic heterocycles. The first kappa shape index (κ1) is 11.1.